The van der Waals surface area contributed by atoms with E-state index in [0.717, 1.165) is 6.42 Å². The molecular weight excluding hydrogens is 364 g/mol. The summed E-state index contributed by atoms with van der Waals surface area (Å²) in [5.74, 6) is -2.84. The van der Waals surface area contributed by atoms with Crippen molar-refractivity contribution in [1.82, 2.24) is 16.0 Å². The van der Waals surface area contributed by atoms with E-state index >= 15 is 0 Å². The lowest BCUT2D eigenvalue weighted by atomic mass is 9.97. The number of hydrogen-bond acceptors (Lipinski definition) is 5. The van der Waals surface area contributed by atoms with Gasteiger partial charge in [0.1, 0.15) is 18.6 Å². The Morgan fingerprint density at radius 2 is 1.50 bits per heavy atom. The number of amides is 3. The van der Waals surface area contributed by atoms with E-state index in [1.165, 1.54) is 0 Å². The normalized spacial score (nSPS) is 15.5. The largest absolute Gasteiger partial charge is 0.480 e. The smallest absolute Gasteiger partial charge is 0.322 e. The van der Waals surface area contributed by atoms with Crippen LogP contribution in [0, 0.1) is 17.8 Å². The molecule has 162 valence electrons. The zero-order chi connectivity index (χ0) is 22.0. The Bertz CT molecular complexity index is 550. The molecule has 0 radical (unpaired) electrons. The first-order valence-corrected chi connectivity index (χ1v) is 9.76. The first-order chi connectivity index (χ1) is 12.9. The molecule has 6 N–H and O–H groups in total. The summed E-state index contributed by atoms with van der Waals surface area (Å²) in [5, 5.41) is 16.3. The molecule has 0 saturated heterocycles. The van der Waals surface area contributed by atoms with Gasteiger partial charge in [-0.3, -0.25) is 19.2 Å². The van der Waals surface area contributed by atoms with Crippen LogP contribution in [-0.2, 0) is 19.2 Å². The number of carboxylic acids is 1. The maximum absolute atomic E-state index is 12.8. The highest BCUT2D eigenvalue weighted by atomic mass is 16.4. The van der Waals surface area contributed by atoms with Gasteiger partial charge in [0.2, 0.25) is 17.7 Å². The summed E-state index contributed by atoms with van der Waals surface area (Å²) in [6.45, 7) is 10.6. The summed E-state index contributed by atoms with van der Waals surface area (Å²) >= 11 is 0. The van der Waals surface area contributed by atoms with Crippen LogP contribution in [-0.4, -0.2) is 53.5 Å². The van der Waals surface area contributed by atoms with E-state index in [9.17, 15) is 19.2 Å². The van der Waals surface area contributed by atoms with Crippen LogP contribution in [0.5, 0.6) is 0 Å². The summed E-state index contributed by atoms with van der Waals surface area (Å²) in [7, 11) is 0. The van der Waals surface area contributed by atoms with Crippen molar-refractivity contribution in [3.05, 3.63) is 0 Å². The standard InChI is InChI=1S/C19H36N4O5/c1-7-12(6)15(20)18(27)23-16(11(4)5)19(28)22-13(8-10(2)3)17(26)21-9-14(24)25/h10-13,15-16H,7-9,20H2,1-6H3,(H,21,26)(H,22,28)(H,23,27)(H,24,25). The summed E-state index contributed by atoms with van der Waals surface area (Å²) in [6.07, 6.45) is 1.07. The Kier molecular flexibility index (Phi) is 11.4. The van der Waals surface area contributed by atoms with Crippen LogP contribution in [0.4, 0.5) is 0 Å². The summed E-state index contributed by atoms with van der Waals surface area (Å²) in [6, 6.07) is -2.48. The molecule has 9 nitrogen and oxygen atoms in total. The van der Waals surface area contributed by atoms with Crippen LogP contribution < -0.4 is 21.7 Å². The van der Waals surface area contributed by atoms with Crippen molar-refractivity contribution in [1.29, 1.82) is 0 Å². The average Bonchev–Trinajstić information content (AvgIpc) is 2.60. The number of hydrogen-bond donors (Lipinski definition) is 5. The van der Waals surface area contributed by atoms with Gasteiger partial charge in [-0.1, -0.05) is 48.0 Å². The van der Waals surface area contributed by atoms with E-state index in [-0.39, 0.29) is 17.8 Å². The van der Waals surface area contributed by atoms with Crippen LogP contribution >= 0.6 is 0 Å². The second kappa shape index (κ2) is 12.3. The van der Waals surface area contributed by atoms with E-state index in [4.69, 9.17) is 10.8 Å². The first kappa shape index (κ1) is 25.8. The Balaban J connectivity index is 5.20. The minimum absolute atomic E-state index is 0.0358. The van der Waals surface area contributed by atoms with Gasteiger partial charge in [0.05, 0.1) is 6.04 Å². The zero-order valence-corrected chi connectivity index (χ0v) is 17.7. The summed E-state index contributed by atoms with van der Waals surface area (Å²) < 4.78 is 0. The maximum Gasteiger partial charge on any atom is 0.322 e. The lowest BCUT2D eigenvalue weighted by Crippen LogP contribution is -2.58. The summed E-state index contributed by atoms with van der Waals surface area (Å²) in [5.41, 5.74) is 5.94. The Hall–Kier alpha value is -2.16. The Labute approximate surface area is 167 Å². The molecule has 9 heteroatoms. The van der Waals surface area contributed by atoms with E-state index in [0.29, 0.717) is 6.42 Å². The highest BCUT2D eigenvalue weighted by Gasteiger charge is 2.31. The number of carbonyl (C=O) groups excluding carboxylic acids is 3. The number of nitrogens with one attached hydrogen (secondary N) is 3. The van der Waals surface area contributed by atoms with Crippen LogP contribution in [0.3, 0.4) is 0 Å². The SMILES string of the molecule is CCC(C)C(N)C(=O)NC(C(=O)NC(CC(C)C)C(=O)NCC(=O)O)C(C)C. The van der Waals surface area contributed by atoms with Crippen LogP contribution in [0.1, 0.15) is 54.4 Å². The number of carboxylic acid groups (broad SMARTS) is 1. The van der Waals surface area contributed by atoms with Crippen molar-refractivity contribution in [2.24, 2.45) is 23.5 Å². The molecule has 4 unspecified atom stereocenters. The molecule has 0 aromatic carbocycles. The topological polar surface area (TPSA) is 151 Å². The van der Waals surface area contributed by atoms with E-state index in [1.54, 1.807) is 13.8 Å². The zero-order valence-electron chi connectivity index (χ0n) is 17.7. The van der Waals surface area contributed by atoms with Crippen molar-refractivity contribution in [2.45, 2.75) is 72.5 Å². The molecular formula is C19H36N4O5. The molecule has 0 saturated carbocycles. The van der Waals surface area contributed by atoms with Gasteiger partial charge >= 0.3 is 5.97 Å². The predicted octanol–water partition coefficient (Wildman–Crippen LogP) is 0.232. The van der Waals surface area contributed by atoms with Crippen molar-refractivity contribution in [3.63, 3.8) is 0 Å². The van der Waals surface area contributed by atoms with Gasteiger partial charge in [-0.05, 0) is 24.2 Å². The molecule has 0 fully saturated rings. The number of rotatable bonds is 12. The fourth-order valence-corrected chi connectivity index (χ4v) is 2.55. The number of carbonyl (C=O) groups is 4. The van der Waals surface area contributed by atoms with Crippen LogP contribution in [0.2, 0.25) is 0 Å². The fourth-order valence-electron chi connectivity index (χ4n) is 2.55. The second-order valence-corrected chi connectivity index (χ2v) is 7.94. The van der Waals surface area contributed by atoms with Gasteiger partial charge in [0.15, 0.2) is 0 Å². The van der Waals surface area contributed by atoms with E-state index in [1.807, 2.05) is 27.7 Å². The molecule has 0 bridgehead atoms. The quantitative estimate of drug-likeness (QED) is 0.316. The van der Waals surface area contributed by atoms with Gasteiger partial charge in [0, 0.05) is 0 Å². The van der Waals surface area contributed by atoms with Gasteiger partial charge in [0.25, 0.3) is 0 Å². The van der Waals surface area contributed by atoms with Crippen molar-refractivity contribution >= 4 is 23.7 Å². The van der Waals surface area contributed by atoms with Gasteiger partial charge in [-0.25, -0.2) is 0 Å². The second-order valence-electron chi connectivity index (χ2n) is 7.94. The molecule has 0 aliphatic rings. The molecule has 3 amide bonds. The van der Waals surface area contributed by atoms with Gasteiger partial charge in [-0.2, -0.15) is 0 Å². The Morgan fingerprint density at radius 3 is 1.93 bits per heavy atom. The van der Waals surface area contributed by atoms with E-state index < -0.39 is 48.4 Å². The van der Waals surface area contributed by atoms with Crippen LogP contribution in [0.15, 0.2) is 0 Å². The third-order valence-corrected chi connectivity index (χ3v) is 4.56. The fraction of sp³-hybridized carbons (Fsp3) is 0.789. The lowest BCUT2D eigenvalue weighted by molar-refractivity contribution is -0.138. The van der Waals surface area contributed by atoms with Gasteiger partial charge in [-0.15, -0.1) is 0 Å². The molecule has 4 atom stereocenters. The Morgan fingerprint density at radius 1 is 0.929 bits per heavy atom. The molecule has 0 heterocycles. The number of nitrogens with two attached hydrogens (primary N) is 1. The van der Waals surface area contributed by atoms with Gasteiger partial charge < -0.3 is 26.8 Å². The maximum atomic E-state index is 12.8. The minimum atomic E-state index is -1.17. The predicted molar refractivity (Wildman–Crippen MR) is 106 cm³/mol. The van der Waals surface area contributed by atoms with E-state index in [2.05, 4.69) is 16.0 Å². The molecule has 0 aromatic rings. The highest BCUT2D eigenvalue weighted by Crippen LogP contribution is 2.10. The van der Waals surface area contributed by atoms with Crippen molar-refractivity contribution in [2.75, 3.05) is 6.54 Å². The number of aliphatic carboxylic acids is 1. The minimum Gasteiger partial charge on any atom is -0.480 e. The lowest BCUT2D eigenvalue weighted by Gasteiger charge is -2.27. The van der Waals surface area contributed by atoms with Crippen molar-refractivity contribution < 1.29 is 24.3 Å². The first-order valence-electron chi connectivity index (χ1n) is 9.76. The molecule has 0 spiro atoms. The monoisotopic (exact) mass is 400 g/mol. The highest BCUT2D eigenvalue weighted by molar-refractivity contribution is 5.93. The third kappa shape index (κ3) is 9.16. The summed E-state index contributed by atoms with van der Waals surface area (Å²) in [4.78, 5) is 48.1. The molecule has 0 aliphatic carbocycles. The molecule has 0 aliphatic heterocycles. The average molecular weight is 401 g/mol. The molecule has 28 heavy (non-hydrogen) atoms. The third-order valence-electron chi connectivity index (χ3n) is 4.56. The van der Waals surface area contributed by atoms with Crippen molar-refractivity contribution in [3.8, 4) is 0 Å². The molecule has 0 aromatic heterocycles. The molecule has 0 rings (SSSR count). The van der Waals surface area contributed by atoms with Crippen LogP contribution in [0.25, 0.3) is 0 Å².